The normalized spacial score (nSPS) is 25.9. The van der Waals surface area contributed by atoms with Gasteiger partial charge in [-0.25, -0.2) is 8.42 Å². The molecule has 1 aromatic heterocycles. The molecule has 1 N–H and O–H groups in total. The largest absolute Gasteiger partial charge is 0.312 e. The number of nitrogens with one attached hydrogen (secondary N) is 1. The minimum Gasteiger partial charge on any atom is -0.312 e. The third-order valence-corrected chi connectivity index (χ3v) is 6.56. The van der Waals surface area contributed by atoms with Crippen LogP contribution < -0.4 is 5.32 Å². The molecule has 3 rings (SSSR count). The smallest absolute Gasteiger partial charge is 0.153 e. The fourth-order valence-corrected chi connectivity index (χ4v) is 4.97. The zero-order valence-corrected chi connectivity index (χ0v) is 13.3. The maximum Gasteiger partial charge on any atom is 0.153 e. The summed E-state index contributed by atoms with van der Waals surface area (Å²) in [5, 5.41) is 7.67. The van der Waals surface area contributed by atoms with Gasteiger partial charge in [0.1, 0.15) is 0 Å². The number of rotatable bonds is 6. The van der Waals surface area contributed by atoms with E-state index in [9.17, 15) is 8.42 Å². The predicted molar refractivity (Wildman–Crippen MR) is 82.8 cm³/mol. The molecule has 1 saturated heterocycles. The summed E-state index contributed by atoms with van der Waals surface area (Å²) in [4.78, 5) is 2.52. The highest BCUT2D eigenvalue weighted by atomic mass is 32.2. The molecule has 1 aliphatic heterocycles. The zero-order valence-electron chi connectivity index (χ0n) is 11.6. The van der Waals surface area contributed by atoms with Crippen LogP contribution in [-0.2, 0) is 16.4 Å². The van der Waals surface area contributed by atoms with E-state index in [4.69, 9.17) is 0 Å². The number of sulfone groups is 1. The second kappa shape index (κ2) is 6.13. The summed E-state index contributed by atoms with van der Waals surface area (Å²) in [5.74, 6) is 0.606. The van der Waals surface area contributed by atoms with E-state index < -0.39 is 9.84 Å². The summed E-state index contributed by atoms with van der Waals surface area (Å²) in [6, 6.07) is 3.04. The second-order valence-electron chi connectivity index (χ2n) is 5.89. The van der Waals surface area contributed by atoms with E-state index in [2.05, 4.69) is 27.0 Å². The van der Waals surface area contributed by atoms with Crippen molar-refractivity contribution in [2.24, 2.45) is 0 Å². The number of nitrogens with zero attached hydrogens (tertiary/aromatic N) is 1. The predicted octanol–water partition coefficient (Wildman–Crippen LogP) is 1.49. The van der Waals surface area contributed by atoms with Crippen molar-refractivity contribution in [3.63, 3.8) is 0 Å². The van der Waals surface area contributed by atoms with Crippen LogP contribution in [-0.4, -0.2) is 50.0 Å². The van der Waals surface area contributed by atoms with Gasteiger partial charge in [-0.2, -0.15) is 11.3 Å². The Bertz CT molecular complexity index is 523. The van der Waals surface area contributed by atoms with Crippen LogP contribution in [0.4, 0.5) is 0 Å². The van der Waals surface area contributed by atoms with E-state index in [1.54, 1.807) is 11.3 Å². The Morgan fingerprint density at radius 2 is 2.25 bits per heavy atom. The molecule has 0 radical (unpaired) electrons. The SMILES string of the molecule is O=S1(=O)CCNC(CCN(Cc2ccsc2)C2CC2)C1. The molecule has 2 fully saturated rings. The monoisotopic (exact) mass is 314 g/mol. The number of hydrogen-bond donors (Lipinski definition) is 1. The van der Waals surface area contributed by atoms with E-state index in [0.717, 1.165) is 25.6 Å². The molecule has 2 heterocycles. The molecule has 1 unspecified atom stereocenters. The Balaban J connectivity index is 1.52. The molecular formula is C14H22N2O2S2. The van der Waals surface area contributed by atoms with Crippen molar-refractivity contribution >= 4 is 21.2 Å². The lowest BCUT2D eigenvalue weighted by Crippen LogP contribution is -2.46. The topological polar surface area (TPSA) is 49.4 Å². The second-order valence-corrected chi connectivity index (χ2v) is 8.90. The van der Waals surface area contributed by atoms with Gasteiger partial charge in [0.2, 0.25) is 0 Å². The zero-order chi connectivity index (χ0) is 14.0. The van der Waals surface area contributed by atoms with E-state index in [0.29, 0.717) is 18.1 Å². The number of hydrogen-bond acceptors (Lipinski definition) is 5. The molecular weight excluding hydrogens is 292 g/mol. The van der Waals surface area contributed by atoms with Crippen LogP contribution in [0.25, 0.3) is 0 Å². The first kappa shape index (κ1) is 14.5. The third-order valence-electron chi connectivity index (χ3n) is 4.10. The maximum absolute atomic E-state index is 11.7. The van der Waals surface area contributed by atoms with Gasteiger partial charge in [-0.3, -0.25) is 4.90 Å². The average Bonchev–Trinajstić information content (AvgIpc) is 3.11. The van der Waals surface area contributed by atoms with Crippen molar-refractivity contribution in [1.29, 1.82) is 0 Å². The van der Waals surface area contributed by atoms with Crippen LogP contribution in [0.5, 0.6) is 0 Å². The van der Waals surface area contributed by atoms with Crippen molar-refractivity contribution in [2.75, 3.05) is 24.6 Å². The fourth-order valence-electron chi connectivity index (χ4n) is 2.82. The molecule has 2 aliphatic rings. The molecule has 0 bridgehead atoms. The molecule has 0 aromatic carbocycles. The molecule has 1 atom stereocenters. The van der Waals surface area contributed by atoms with Crippen molar-refractivity contribution < 1.29 is 8.42 Å². The lowest BCUT2D eigenvalue weighted by molar-refractivity contribution is 0.241. The van der Waals surface area contributed by atoms with E-state index in [1.807, 2.05) is 0 Å². The van der Waals surface area contributed by atoms with Crippen LogP contribution in [0.1, 0.15) is 24.8 Å². The summed E-state index contributed by atoms with van der Waals surface area (Å²) in [5.41, 5.74) is 1.38. The van der Waals surface area contributed by atoms with Crippen LogP contribution in [0.3, 0.4) is 0 Å². The standard InChI is InChI=1S/C14H22N2O2S2/c17-20(18)8-5-15-13(11-20)3-6-16(14-1-2-14)9-12-4-7-19-10-12/h4,7,10,13-15H,1-3,5-6,8-9,11H2. The van der Waals surface area contributed by atoms with Gasteiger partial charge in [0.15, 0.2) is 9.84 Å². The van der Waals surface area contributed by atoms with Gasteiger partial charge >= 0.3 is 0 Å². The highest BCUT2D eigenvalue weighted by molar-refractivity contribution is 7.91. The Labute approximate surface area is 125 Å². The van der Waals surface area contributed by atoms with Gasteiger partial charge in [-0.05, 0) is 41.7 Å². The van der Waals surface area contributed by atoms with Crippen LogP contribution >= 0.6 is 11.3 Å². The Morgan fingerprint density at radius 3 is 2.90 bits per heavy atom. The molecule has 112 valence electrons. The average molecular weight is 314 g/mol. The van der Waals surface area contributed by atoms with E-state index >= 15 is 0 Å². The molecule has 20 heavy (non-hydrogen) atoms. The summed E-state index contributed by atoms with van der Waals surface area (Å²) >= 11 is 1.74. The van der Waals surface area contributed by atoms with Gasteiger partial charge in [0.05, 0.1) is 11.5 Å². The van der Waals surface area contributed by atoms with Gasteiger partial charge in [-0.1, -0.05) is 0 Å². The Kier molecular flexibility index (Phi) is 4.45. The first-order valence-corrected chi connectivity index (χ1v) is 10.1. The van der Waals surface area contributed by atoms with Crippen LogP contribution in [0, 0.1) is 0 Å². The molecule has 0 amide bonds. The highest BCUT2D eigenvalue weighted by Gasteiger charge is 2.30. The lowest BCUT2D eigenvalue weighted by Gasteiger charge is -2.27. The molecule has 1 aliphatic carbocycles. The number of thiophene rings is 1. The summed E-state index contributed by atoms with van der Waals surface area (Å²) < 4.78 is 23.3. The third kappa shape index (κ3) is 4.04. The summed E-state index contributed by atoms with van der Waals surface area (Å²) in [7, 11) is -2.81. The van der Waals surface area contributed by atoms with Gasteiger partial charge in [0.25, 0.3) is 0 Å². The Hall–Kier alpha value is -0.430. The molecule has 4 nitrogen and oxygen atoms in total. The van der Waals surface area contributed by atoms with Crippen molar-refractivity contribution in [1.82, 2.24) is 10.2 Å². The van der Waals surface area contributed by atoms with Gasteiger partial charge in [-0.15, -0.1) is 0 Å². The van der Waals surface area contributed by atoms with Gasteiger partial charge in [0, 0.05) is 31.7 Å². The molecule has 6 heteroatoms. The minimum atomic E-state index is -2.81. The highest BCUT2D eigenvalue weighted by Crippen LogP contribution is 2.29. The lowest BCUT2D eigenvalue weighted by atomic mass is 10.2. The maximum atomic E-state index is 11.7. The molecule has 1 saturated carbocycles. The molecule has 1 aromatic rings. The minimum absolute atomic E-state index is 0.137. The first-order chi connectivity index (χ1) is 9.62. The molecule has 0 spiro atoms. The summed E-state index contributed by atoms with van der Waals surface area (Å²) in [6.45, 7) is 2.61. The van der Waals surface area contributed by atoms with Crippen LogP contribution in [0.2, 0.25) is 0 Å². The van der Waals surface area contributed by atoms with Crippen molar-refractivity contribution in [3.8, 4) is 0 Å². The van der Waals surface area contributed by atoms with Gasteiger partial charge < -0.3 is 5.32 Å². The van der Waals surface area contributed by atoms with Crippen molar-refractivity contribution in [2.45, 2.75) is 37.9 Å². The quantitative estimate of drug-likeness (QED) is 0.864. The first-order valence-electron chi connectivity index (χ1n) is 7.31. The van der Waals surface area contributed by atoms with Crippen LogP contribution in [0.15, 0.2) is 16.8 Å². The Morgan fingerprint density at radius 1 is 1.40 bits per heavy atom. The fraction of sp³-hybridized carbons (Fsp3) is 0.714. The van der Waals surface area contributed by atoms with Crippen molar-refractivity contribution in [3.05, 3.63) is 22.4 Å². The van der Waals surface area contributed by atoms with E-state index in [1.165, 1.54) is 18.4 Å². The summed E-state index contributed by atoms with van der Waals surface area (Å²) in [6.07, 6.45) is 3.51. The van der Waals surface area contributed by atoms with E-state index in [-0.39, 0.29) is 6.04 Å².